The molecular formula is C8H18BrN. The van der Waals surface area contributed by atoms with Gasteiger partial charge in [0.2, 0.25) is 0 Å². The van der Waals surface area contributed by atoms with E-state index < -0.39 is 0 Å². The first-order valence-corrected chi connectivity index (χ1v) is 4.44. The van der Waals surface area contributed by atoms with E-state index >= 15 is 0 Å². The third kappa shape index (κ3) is 5.24. The highest BCUT2D eigenvalue weighted by molar-refractivity contribution is 9.10. The number of alkyl halides is 1. The first-order valence-electron chi connectivity index (χ1n) is 3.65. The lowest BCUT2D eigenvalue weighted by molar-refractivity contribution is 0.361. The van der Waals surface area contributed by atoms with Crippen LogP contribution in [0.1, 0.15) is 34.1 Å². The van der Waals surface area contributed by atoms with Crippen LogP contribution >= 0.6 is 15.9 Å². The highest BCUT2D eigenvalue weighted by atomic mass is 79.9. The van der Waals surface area contributed by atoms with Crippen molar-refractivity contribution < 1.29 is 0 Å². The van der Waals surface area contributed by atoms with Crippen LogP contribution in [0.4, 0.5) is 0 Å². The molecule has 0 aromatic rings. The van der Waals surface area contributed by atoms with Crippen molar-refractivity contribution in [3.8, 4) is 0 Å². The van der Waals surface area contributed by atoms with Crippen LogP contribution in [0.5, 0.6) is 0 Å². The summed E-state index contributed by atoms with van der Waals surface area (Å²) < 4.78 is 0.236. The Labute approximate surface area is 72.7 Å². The van der Waals surface area contributed by atoms with Crippen molar-refractivity contribution in [3.05, 3.63) is 0 Å². The van der Waals surface area contributed by atoms with Crippen molar-refractivity contribution in [1.29, 1.82) is 0 Å². The predicted octanol–water partition coefficient (Wildman–Crippen LogP) is 2.55. The van der Waals surface area contributed by atoms with Gasteiger partial charge >= 0.3 is 0 Å². The lowest BCUT2D eigenvalue weighted by Crippen LogP contribution is -2.40. The molecule has 0 saturated carbocycles. The van der Waals surface area contributed by atoms with Gasteiger partial charge < -0.3 is 5.32 Å². The largest absolute Gasteiger partial charge is 0.315 e. The van der Waals surface area contributed by atoms with Crippen LogP contribution in [-0.4, -0.2) is 16.9 Å². The number of hydrogen-bond acceptors (Lipinski definition) is 1. The fourth-order valence-electron chi connectivity index (χ4n) is 1.14. The van der Waals surface area contributed by atoms with E-state index in [9.17, 15) is 0 Å². The van der Waals surface area contributed by atoms with Gasteiger partial charge in [-0.1, -0.05) is 15.9 Å². The molecule has 0 aliphatic heterocycles. The molecule has 0 bridgehead atoms. The summed E-state index contributed by atoms with van der Waals surface area (Å²) in [6.45, 7) is 8.78. The Kier molecular flexibility index (Phi) is 3.37. The maximum absolute atomic E-state index is 3.62. The number of nitrogens with one attached hydrogen (secondary N) is 1. The predicted molar refractivity (Wildman–Crippen MR) is 50.8 cm³/mol. The first-order chi connectivity index (χ1) is 4.27. The van der Waals surface area contributed by atoms with Crippen LogP contribution in [0, 0.1) is 0 Å². The standard InChI is InChI=1S/C8H18BrN/c1-7(2,9)6-8(3,4)10-5/h10H,6H2,1-5H3. The third-order valence-corrected chi connectivity index (χ3v) is 1.82. The summed E-state index contributed by atoms with van der Waals surface area (Å²) in [5.74, 6) is 0. The van der Waals surface area contributed by atoms with Crippen LogP contribution in [-0.2, 0) is 0 Å². The van der Waals surface area contributed by atoms with Gasteiger partial charge in [-0.25, -0.2) is 0 Å². The van der Waals surface area contributed by atoms with Gasteiger partial charge in [0.1, 0.15) is 0 Å². The summed E-state index contributed by atoms with van der Waals surface area (Å²) in [5.41, 5.74) is 0.229. The van der Waals surface area contributed by atoms with Crippen molar-refractivity contribution in [3.63, 3.8) is 0 Å². The fraction of sp³-hybridized carbons (Fsp3) is 1.00. The summed E-state index contributed by atoms with van der Waals surface area (Å²) in [7, 11) is 2.00. The van der Waals surface area contributed by atoms with Gasteiger partial charge in [0.15, 0.2) is 0 Å². The summed E-state index contributed by atoms with van der Waals surface area (Å²) in [4.78, 5) is 0. The van der Waals surface area contributed by atoms with Crippen molar-refractivity contribution in [2.75, 3.05) is 7.05 Å². The van der Waals surface area contributed by atoms with Crippen LogP contribution in [0.25, 0.3) is 0 Å². The van der Waals surface area contributed by atoms with Gasteiger partial charge in [-0.15, -0.1) is 0 Å². The summed E-state index contributed by atoms with van der Waals surface area (Å²) in [6.07, 6.45) is 1.12. The molecule has 62 valence electrons. The molecule has 1 nitrogen and oxygen atoms in total. The molecule has 0 aromatic heterocycles. The van der Waals surface area contributed by atoms with Gasteiger partial charge in [-0.2, -0.15) is 0 Å². The van der Waals surface area contributed by atoms with E-state index in [1.807, 2.05) is 7.05 Å². The average molecular weight is 208 g/mol. The smallest absolute Gasteiger partial charge is 0.0219 e. The molecule has 10 heavy (non-hydrogen) atoms. The van der Waals surface area contributed by atoms with E-state index in [2.05, 4.69) is 48.9 Å². The SMILES string of the molecule is CNC(C)(C)CC(C)(C)Br. The molecule has 0 aliphatic rings. The lowest BCUT2D eigenvalue weighted by atomic mass is 9.93. The quantitative estimate of drug-likeness (QED) is 0.703. The summed E-state index contributed by atoms with van der Waals surface area (Å²) in [6, 6.07) is 0. The molecule has 0 heterocycles. The lowest BCUT2D eigenvalue weighted by Gasteiger charge is -2.30. The van der Waals surface area contributed by atoms with E-state index in [-0.39, 0.29) is 9.86 Å². The zero-order chi connectivity index (χ0) is 8.41. The number of halogens is 1. The monoisotopic (exact) mass is 207 g/mol. The minimum atomic E-state index is 0.229. The highest BCUT2D eigenvalue weighted by Crippen LogP contribution is 2.26. The molecule has 0 atom stereocenters. The van der Waals surface area contributed by atoms with Crippen molar-refractivity contribution in [2.24, 2.45) is 0 Å². The second kappa shape index (κ2) is 3.22. The second-order valence-electron chi connectivity index (χ2n) is 4.03. The first kappa shape index (κ1) is 10.4. The zero-order valence-corrected chi connectivity index (χ0v) is 9.17. The Balaban J connectivity index is 3.89. The molecular weight excluding hydrogens is 190 g/mol. The molecule has 2 heteroatoms. The fourth-order valence-corrected chi connectivity index (χ4v) is 1.84. The molecule has 0 saturated heterocycles. The van der Waals surface area contributed by atoms with Crippen molar-refractivity contribution in [1.82, 2.24) is 5.32 Å². The van der Waals surface area contributed by atoms with Crippen LogP contribution in [0.2, 0.25) is 0 Å². The van der Waals surface area contributed by atoms with Gasteiger partial charge in [0.05, 0.1) is 0 Å². The molecule has 1 N–H and O–H groups in total. The molecule has 0 radical (unpaired) electrons. The Morgan fingerprint density at radius 2 is 1.60 bits per heavy atom. The summed E-state index contributed by atoms with van der Waals surface area (Å²) in [5, 5.41) is 3.27. The average Bonchev–Trinajstić information content (AvgIpc) is 1.60. The molecule has 0 fully saturated rings. The maximum atomic E-state index is 3.62. The number of rotatable bonds is 3. The highest BCUT2D eigenvalue weighted by Gasteiger charge is 2.24. The minimum Gasteiger partial charge on any atom is -0.315 e. The van der Waals surface area contributed by atoms with Crippen molar-refractivity contribution >= 4 is 15.9 Å². The molecule has 0 aliphatic carbocycles. The zero-order valence-electron chi connectivity index (χ0n) is 7.59. The third-order valence-electron chi connectivity index (χ3n) is 1.54. The molecule has 0 aromatic carbocycles. The molecule has 0 rings (SSSR count). The normalized spacial score (nSPS) is 13.8. The van der Waals surface area contributed by atoms with E-state index in [1.165, 1.54) is 0 Å². The Morgan fingerprint density at radius 1 is 1.20 bits per heavy atom. The van der Waals surface area contributed by atoms with E-state index in [1.54, 1.807) is 0 Å². The molecule has 0 amide bonds. The van der Waals surface area contributed by atoms with Crippen molar-refractivity contribution in [2.45, 2.75) is 44.0 Å². The van der Waals surface area contributed by atoms with Gasteiger partial charge in [-0.05, 0) is 41.2 Å². The molecule has 0 spiro atoms. The van der Waals surface area contributed by atoms with Gasteiger partial charge in [0, 0.05) is 9.86 Å². The van der Waals surface area contributed by atoms with Gasteiger partial charge in [0.25, 0.3) is 0 Å². The minimum absolute atomic E-state index is 0.229. The Morgan fingerprint density at radius 3 is 1.70 bits per heavy atom. The Bertz CT molecular complexity index is 102. The second-order valence-corrected chi connectivity index (χ2v) is 6.18. The van der Waals surface area contributed by atoms with Crippen LogP contribution in [0.3, 0.4) is 0 Å². The van der Waals surface area contributed by atoms with Gasteiger partial charge in [-0.3, -0.25) is 0 Å². The van der Waals surface area contributed by atoms with Crippen LogP contribution in [0.15, 0.2) is 0 Å². The topological polar surface area (TPSA) is 12.0 Å². The Hall–Kier alpha value is 0.440. The van der Waals surface area contributed by atoms with E-state index in [4.69, 9.17) is 0 Å². The molecule has 0 unspecified atom stereocenters. The number of hydrogen-bond donors (Lipinski definition) is 1. The summed E-state index contributed by atoms with van der Waals surface area (Å²) >= 11 is 3.62. The van der Waals surface area contributed by atoms with E-state index in [0.29, 0.717) is 0 Å². The maximum Gasteiger partial charge on any atom is 0.0219 e. The van der Waals surface area contributed by atoms with Crippen LogP contribution < -0.4 is 5.32 Å². The van der Waals surface area contributed by atoms with E-state index in [0.717, 1.165) is 6.42 Å².